The standard InChI is InChI=1S/C16H24N2O4/c1-3-10(14(19)20)7-8-16(15(21)22-4-2)13(17)9-12(18-16)11-5-6-11/h9-11H,3-8,17H2,1-2H3,(H,19,20). The molecule has 22 heavy (non-hydrogen) atoms. The Balaban J connectivity index is 2.22. The molecule has 0 aromatic rings. The summed E-state index contributed by atoms with van der Waals surface area (Å²) in [5, 5.41) is 9.19. The highest BCUT2D eigenvalue weighted by Gasteiger charge is 2.48. The van der Waals surface area contributed by atoms with Gasteiger partial charge >= 0.3 is 11.9 Å². The largest absolute Gasteiger partial charge is 0.481 e. The molecule has 1 aliphatic heterocycles. The number of carbonyl (C=O) groups is 2. The molecule has 6 heteroatoms. The fourth-order valence-corrected chi connectivity index (χ4v) is 2.79. The summed E-state index contributed by atoms with van der Waals surface area (Å²) in [6, 6.07) is 0. The monoisotopic (exact) mass is 308 g/mol. The summed E-state index contributed by atoms with van der Waals surface area (Å²) in [7, 11) is 0. The topological polar surface area (TPSA) is 102 Å². The molecular weight excluding hydrogens is 284 g/mol. The zero-order valence-electron chi connectivity index (χ0n) is 13.2. The molecule has 0 aromatic carbocycles. The third kappa shape index (κ3) is 3.15. The van der Waals surface area contributed by atoms with Crippen LogP contribution in [0, 0.1) is 11.8 Å². The summed E-state index contributed by atoms with van der Waals surface area (Å²) in [6.45, 7) is 3.80. The van der Waals surface area contributed by atoms with Gasteiger partial charge < -0.3 is 15.6 Å². The number of carboxylic acids is 1. The van der Waals surface area contributed by atoms with Crippen LogP contribution in [0.25, 0.3) is 0 Å². The van der Waals surface area contributed by atoms with Crippen molar-refractivity contribution >= 4 is 17.7 Å². The molecule has 0 amide bonds. The van der Waals surface area contributed by atoms with Crippen LogP contribution in [0.1, 0.15) is 46.0 Å². The summed E-state index contributed by atoms with van der Waals surface area (Å²) < 4.78 is 5.16. The van der Waals surface area contributed by atoms with E-state index in [9.17, 15) is 14.7 Å². The number of rotatable bonds is 8. The molecule has 2 unspecified atom stereocenters. The number of nitrogens with zero attached hydrogens (tertiary/aromatic N) is 1. The van der Waals surface area contributed by atoms with E-state index in [1.807, 2.05) is 6.92 Å². The maximum absolute atomic E-state index is 12.4. The van der Waals surface area contributed by atoms with Gasteiger partial charge in [0.2, 0.25) is 0 Å². The second-order valence-electron chi connectivity index (χ2n) is 5.97. The van der Waals surface area contributed by atoms with Gasteiger partial charge in [0.25, 0.3) is 0 Å². The average Bonchev–Trinajstić information content (AvgIpc) is 3.25. The predicted octanol–water partition coefficient (Wildman–Crippen LogP) is 1.89. The first kappa shape index (κ1) is 16.5. The summed E-state index contributed by atoms with van der Waals surface area (Å²) in [4.78, 5) is 28.2. The van der Waals surface area contributed by atoms with E-state index in [1.54, 1.807) is 13.0 Å². The van der Waals surface area contributed by atoms with Crippen LogP contribution in [0.4, 0.5) is 0 Å². The van der Waals surface area contributed by atoms with Crippen LogP contribution in [-0.2, 0) is 14.3 Å². The SMILES string of the molecule is CCOC(=O)C1(CCC(CC)C(=O)O)N=C(C2CC2)C=C1N. The number of carbonyl (C=O) groups excluding carboxylic acids is 1. The normalized spacial score (nSPS) is 25.4. The van der Waals surface area contributed by atoms with Crippen LogP contribution in [0.3, 0.4) is 0 Å². The zero-order valence-corrected chi connectivity index (χ0v) is 13.2. The lowest BCUT2D eigenvalue weighted by Crippen LogP contribution is -2.42. The fourth-order valence-electron chi connectivity index (χ4n) is 2.79. The molecular formula is C16H24N2O4. The molecule has 2 aliphatic rings. The number of hydrogen-bond acceptors (Lipinski definition) is 5. The average molecular weight is 308 g/mol. The van der Waals surface area contributed by atoms with Crippen molar-refractivity contribution in [1.29, 1.82) is 0 Å². The second-order valence-corrected chi connectivity index (χ2v) is 5.97. The number of allylic oxidation sites excluding steroid dienone is 1. The molecule has 0 radical (unpaired) electrons. The Hall–Kier alpha value is -1.85. The third-order valence-corrected chi connectivity index (χ3v) is 4.41. The lowest BCUT2D eigenvalue weighted by atomic mass is 9.87. The van der Waals surface area contributed by atoms with Gasteiger partial charge in [-0.15, -0.1) is 0 Å². The number of hydrogen-bond donors (Lipinski definition) is 2. The van der Waals surface area contributed by atoms with E-state index >= 15 is 0 Å². The van der Waals surface area contributed by atoms with E-state index in [1.165, 1.54) is 0 Å². The Morgan fingerprint density at radius 1 is 1.50 bits per heavy atom. The lowest BCUT2D eigenvalue weighted by Gasteiger charge is -2.26. The molecule has 1 fully saturated rings. The third-order valence-electron chi connectivity index (χ3n) is 4.41. The first-order chi connectivity index (χ1) is 10.4. The van der Waals surface area contributed by atoms with Crippen molar-refractivity contribution in [2.45, 2.75) is 51.5 Å². The molecule has 1 aliphatic carbocycles. The molecule has 1 saturated carbocycles. The molecule has 1 heterocycles. The second kappa shape index (κ2) is 6.50. The smallest absolute Gasteiger partial charge is 0.340 e. The summed E-state index contributed by atoms with van der Waals surface area (Å²) in [5.41, 5.74) is 6.12. The van der Waals surface area contributed by atoms with E-state index in [2.05, 4.69) is 4.99 Å². The summed E-state index contributed by atoms with van der Waals surface area (Å²) in [5.74, 6) is -1.44. The van der Waals surface area contributed by atoms with Crippen molar-refractivity contribution in [2.75, 3.05) is 6.61 Å². The Morgan fingerprint density at radius 2 is 2.18 bits per heavy atom. The highest BCUT2D eigenvalue weighted by molar-refractivity contribution is 6.06. The highest BCUT2D eigenvalue weighted by atomic mass is 16.5. The maximum atomic E-state index is 12.4. The van der Waals surface area contributed by atoms with Crippen molar-refractivity contribution in [1.82, 2.24) is 0 Å². The van der Waals surface area contributed by atoms with Gasteiger partial charge in [0.05, 0.1) is 12.5 Å². The quantitative estimate of drug-likeness (QED) is 0.667. The van der Waals surface area contributed by atoms with Gasteiger partial charge in [-0.05, 0) is 45.1 Å². The first-order valence-corrected chi connectivity index (χ1v) is 7.92. The minimum Gasteiger partial charge on any atom is -0.481 e. The van der Waals surface area contributed by atoms with Crippen molar-refractivity contribution in [2.24, 2.45) is 22.6 Å². The first-order valence-electron chi connectivity index (χ1n) is 7.92. The maximum Gasteiger partial charge on any atom is 0.340 e. The van der Waals surface area contributed by atoms with Gasteiger partial charge in [-0.2, -0.15) is 0 Å². The number of aliphatic carboxylic acids is 1. The van der Waals surface area contributed by atoms with Crippen LogP contribution >= 0.6 is 0 Å². The molecule has 6 nitrogen and oxygen atoms in total. The van der Waals surface area contributed by atoms with E-state index in [0.717, 1.165) is 18.6 Å². The number of aliphatic imine (C=N–C) groups is 1. The van der Waals surface area contributed by atoms with Crippen LogP contribution in [0.5, 0.6) is 0 Å². The fraction of sp³-hybridized carbons (Fsp3) is 0.688. The van der Waals surface area contributed by atoms with Crippen molar-refractivity contribution < 1.29 is 19.4 Å². The minimum absolute atomic E-state index is 0.248. The molecule has 0 spiro atoms. The van der Waals surface area contributed by atoms with Gasteiger partial charge in [-0.25, -0.2) is 4.79 Å². The number of ether oxygens (including phenoxy) is 1. The Labute approximate surface area is 130 Å². The molecule has 3 N–H and O–H groups in total. The number of nitrogens with two attached hydrogens (primary N) is 1. The Bertz CT molecular complexity index is 522. The number of carboxylic acid groups (broad SMARTS) is 1. The molecule has 0 aromatic heterocycles. The van der Waals surface area contributed by atoms with Crippen LogP contribution < -0.4 is 5.73 Å². The summed E-state index contributed by atoms with van der Waals surface area (Å²) >= 11 is 0. The van der Waals surface area contributed by atoms with E-state index in [4.69, 9.17) is 10.5 Å². The molecule has 0 bridgehead atoms. The van der Waals surface area contributed by atoms with Gasteiger partial charge in [0.15, 0.2) is 5.54 Å². The van der Waals surface area contributed by atoms with Crippen molar-refractivity contribution in [3.05, 3.63) is 11.8 Å². The van der Waals surface area contributed by atoms with Gasteiger partial charge in [-0.3, -0.25) is 9.79 Å². The van der Waals surface area contributed by atoms with E-state index in [-0.39, 0.29) is 13.0 Å². The van der Waals surface area contributed by atoms with Gasteiger partial charge in [-0.1, -0.05) is 6.92 Å². The summed E-state index contributed by atoms with van der Waals surface area (Å²) in [6.07, 6.45) is 5.03. The minimum atomic E-state index is -1.23. The zero-order chi connectivity index (χ0) is 16.3. The van der Waals surface area contributed by atoms with Gasteiger partial charge in [0.1, 0.15) is 0 Å². The molecule has 2 atom stereocenters. The van der Waals surface area contributed by atoms with E-state index < -0.39 is 23.4 Å². The number of esters is 1. The van der Waals surface area contributed by atoms with Crippen LogP contribution in [0.2, 0.25) is 0 Å². The Kier molecular flexibility index (Phi) is 4.88. The highest BCUT2D eigenvalue weighted by Crippen LogP contribution is 2.40. The molecule has 122 valence electrons. The van der Waals surface area contributed by atoms with Gasteiger partial charge in [0, 0.05) is 17.3 Å². The molecule has 2 rings (SSSR count). The lowest BCUT2D eigenvalue weighted by molar-refractivity contribution is -0.149. The van der Waals surface area contributed by atoms with Crippen LogP contribution in [-0.4, -0.2) is 34.9 Å². The Morgan fingerprint density at radius 3 is 2.68 bits per heavy atom. The van der Waals surface area contributed by atoms with Crippen molar-refractivity contribution in [3.8, 4) is 0 Å². The van der Waals surface area contributed by atoms with Crippen molar-refractivity contribution in [3.63, 3.8) is 0 Å². The predicted molar refractivity (Wildman–Crippen MR) is 82.4 cm³/mol. The van der Waals surface area contributed by atoms with Crippen LogP contribution in [0.15, 0.2) is 16.8 Å². The molecule has 0 saturated heterocycles. The van der Waals surface area contributed by atoms with E-state index in [0.29, 0.717) is 24.5 Å².